The Bertz CT molecular complexity index is 520. The fraction of sp³-hybridized carbons (Fsp3) is 0.467. The molecule has 1 atom stereocenters. The summed E-state index contributed by atoms with van der Waals surface area (Å²) in [4.78, 5) is 25.2. The van der Waals surface area contributed by atoms with Crippen molar-refractivity contribution in [2.24, 2.45) is 0 Å². The normalized spacial score (nSPS) is 11.7. The molecule has 1 rings (SSSR count). The van der Waals surface area contributed by atoms with E-state index in [2.05, 4.69) is 5.32 Å². The van der Waals surface area contributed by atoms with E-state index in [0.29, 0.717) is 16.5 Å². The minimum Gasteiger partial charge on any atom is -0.495 e. The van der Waals surface area contributed by atoms with E-state index >= 15 is 0 Å². The fourth-order valence-corrected chi connectivity index (χ4v) is 2.15. The van der Waals surface area contributed by atoms with Crippen LogP contribution in [0.1, 0.15) is 27.2 Å². The lowest BCUT2D eigenvalue weighted by molar-refractivity contribution is -0.134. The second kappa shape index (κ2) is 7.88. The van der Waals surface area contributed by atoms with E-state index in [4.69, 9.17) is 16.3 Å². The number of hydrogen-bond donors (Lipinski definition) is 1. The highest BCUT2D eigenvalue weighted by Gasteiger charge is 2.18. The van der Waals surface area contributed by atoms with Gasteiger partial charge in [0.15, 0.2) is 0 Å². The summed E-state index contributed by atoms with van der Waals surface area (Å²) < 4.78 is 5.05. The molecule has 0 saturated carbocycles. The summed E-state index contributed by atoms with van der Waals surface area (Å²) >= 11 is 6.00. The molecule has 1 N–H and O–H groups in total. The first-order chi connectivity index (χ1) is 9.88. The second-order valence-electron chi connectivity index (χ2n) is 4.80. The first-order valence-corrected chi connectivity index (χ1v) is 7.17. The molecule has 5 nitrogen and oxygen atoms in total. The first kappa shape index (κ1) is 17.3. The quantitative estimate of drug-likeness (QED) is 0.878. The summed E-state index contributed by atoms with van der Waals surface area (Å²) in [5.41, 5.74) is 0.568. The van der Waals surface area contributed by atoms with Crippen LogP contribution < -0.4 is 10.1 Å². The molecule has 0 saturated heterocycles. The Morgan fingerprint density at radius 3 is 2.57 bits per heavy atom. The van der Waals surface area contributed by atoms with E-state index in [1.54, 1.807) is 23.1 Å². The molecule has 2 amide bonds. The van der Waals surface area contributed by atoms with Gasteiger partial charge in [0.25, 0.3) is 0 Å². The third kappa shape index (κ3) is 4.93. The number of rotatable bonds is 6. The maximum absolute atomic E-state index is 12.0. The molecular formula is C15H21ClN2O3. The molecule has 1 aromatic rings. The number of halogens is 1. The average Bonchev–Trinajstić information content (AvgIpc) is 2.44. The number of carbonyl (C=O) groups excluding carboxylic acids is 2. The van der Waals surface area contributed by atoms with Crippen LogP contribution in [0.3, 0.4) is 0 Å². The number of methoxy groups -OCH3 is 1. The second-order valence-corrected chi connectivity index (χ2v) is 5.21. The Balaban J connectivity index is 2.72. The third-order valence-corrected chi connectivity index (χ3v) is 3.57. The molecule has 0 heterocycles. The number of nitrogens with zero attached hydrogens (tertiary/aromatic N) is 1. The van der Waals surface area contributed by atoms with Gasteiger partial charge < -0.3 is 15.0 Å². The van der Waals surface area contributed by atoms with Crippen molar-refractivity contribution in [3.8, 4) is 5.75 Å². The monoisotopic (exact) mass is 312 g/mol. The fourth-order valence-electron chi connectivity index (χ4n) is 1.90. The van der Waals surface area contributed by atoms with Gasteiger partial charge in [0.2, 0.25) is 11.8 Å². The minimum absolute atomic E-state index is 0.0210. The van der Waals surface area contributed by atoms with E-state index < -0.39 is 0 Å². The summed E-state index contributed by atoms with van der Waals surface area (Å²) in [6.45, 7) is 5.37. The number of ether oxygens (including phenoxy) is 1. The molecule has 0 aliphatic carbocycles. The van der Waals surface area contributed by atoms with Crippen molar-refractivity contribution in [3.63, 3.8) is 0 Å². The lowest BCUT2D eigenvalue weighted by Gasteiger charge is -2.26. The summed E-state index contributed by atoms with van der Waals surface area (Å²) in [6.07, 6.45) is 0.793. The number of carbonyl (C=O) groups is 2. The Kier molecular flexibility index (Phi) is 6.49. The summed E-state index contributed by atoms with van der Waals surface area (Å²) in [5, 5.41) is 3.14. The lowest BCUT2D eigenvalue weighted by Crippen LogP contribution is -2.42. The standard InChI is InChI=1S/C15H21ClN2O3/c1-5-10(2)18(11(3)19)9-15(20)17-12-6-7-14(21-4)13(16)8-12/h6-8,10H,5,9H2,1-4H3,(H,17,20). The maximum Gasteiger partial charge on any atom is 0.244 e. The molecule has 0 aliphatic heterocycles. The molecule has 21 heavy (non-hydrogen) atoms. The molecule has 0 bridgehead atoms. The van der Waals surface area contributed by atoms with Crippen LogP contribution in [0.2, 0.25) is 5.02 Å². The van der Waals surface area contributed by atoms with Crippen LogP contribution in [-0.2, 0) is 9.59 Å². The lowest BCUT2D eigenvalue weighted by atomic mass is 10.2. The summed E-state index contributed by atoms with van der Waals surface area (Å²) in [7, 11) is 1.52. The van der Waals surface area contributed by atoms with Crippen molar-refractivity contribution in [2.75, 3.05) is 19.0 Å². The predicted octanol–water partition coefficient (Wildman–Crippen LogP) is 2.93. The number of benzene rings is 1. The molecule has 0 aromatic heterocycles. The number of anilines is 1. The number of amides is 2. The molecular weight excluding hydrogens is 292 g/mol. The highest BCUT2D eigenvalue weighted by Crippen LogP contribution is 2.27. The van der Waals surface area contributed by atoms with Crippen LogP contribution >= 0.6 is 11.6 Å². The Morgan fingerprint density at radius 1 is 1.43 bits per heavy atom. The van der Waals surface area contributed by atoms with Crippen molar-refractivity contribution in [2.45, 2.75) is 33.2 Å². The van der Waals surface area contributed by atoms with Crippen LogP contribution in [0.4, 0.5) is 5.69 Å². The van der Waals surface area contributed by atoms with Gasteiger partial charge in [-0.05, 0) is 31.5 Å². The van der Waals surface area contributed by atoms with Crippen molar-refractivity contribution in [1.82, 2.24) is 4.90 Å². The smallest absolute Gasteiger partial charge is 0.244 e. The molecule has 0 radical (unpaired) electrons. The Morgan fingerprint density at radius 2 is 2.10 bits per heavy atom. The van der Waals surface area contributed by atoms with Crippen LogP contribution in [0, 0.1) is 0 Å². The van der Waals surface area contributed by atoms with Gasteiger partial charge in [-0.15, -0.1) is 0 Å². The number of nitrogens with one attached hydrogen (secondary N) is 1. The summed E-state index contributed by atoms with van der Waals surface area (Å²) in [6, 6.07) is 5.01. The van der Waals surface area contributed by atoms with Gasteiger partial charge in [-0.3, -0.25) is 9.59 Å². The van der Waals surface area contributed by atoms with Gasteiger partial charge in [-0.2, -0.15) is 0 Å². The minimum atomic E-state index is -0.258. The van der Waals surface area contributed by atoms with Crippen LogP contribution in [0.25, 0.3) is 0 Å². The van der Waals surface area contributed by atoms with Crippen molar-refractivity contribution >= 4 is 29.1 Å². The molecule has 0 spiro atoms. The molecule has 1 aromatic carbocycles. The predicted molar refractivity (Wildman–Crippen MR) is 83.8 cm³/mol. The zero-order valence-corrected chi connectivity index (χ0v) is 13.5. The van der Waals surface area contributed by atoms with Gasteiger partial charge in [0.05, 0.1) is 12.1 Å². The zero-order valence-electron chi connectivity index (χ0n) is 12.8. The molecule has 1 unspecified atom stereocenters. The summed E-state index contributed by atoms with van der Waals surface area (Å²) in [5.74, 6) is 0.165. The molecule has 0 aliphatic rings. The van der Waals surface area contributed by atoms with E-state index in [9.17, 15) is 9.59 Å². The van der Waals surface area contributed by atoms with E-state index in [1.807, 2.05) is 13.8 Å². The third-order valence-electron chi connectivity index (χ3n) is 3.28. The van der Waals surface area contributed by atoms with Gasteiger partial charge in [-0.1, -0.05) is 18.5 Å². The van der Waals surface area contributed by atoms with Crippen LogP contribution in [0.5, 0.6) is 5.75 Å². The highest BCUT2D eigenvalue weighted by atomic mass is 35.5. The van der Waals surface area contributed by atoms with E-state index in [-0.39, 0.29) is 24.4 Å². The van der Waals surface area contributed by atoms with Crippen molar-refractivity contribution in [1.29, 1.82) is 0 Å². The zero-order chi connectivity index (χ0) is 16.0. The van der Waals surface area contributed by atoms with Gasteiger partial charge in [0, 0.05) is 18.7 Å². The SMILES string of the molecule is CCC(C)N(CC(=O)Nc1ccc(OC)c(Cl)c1)C(C)=O. The topological polar surface area (TPSA) is 58.6 Å². The Hall–Kier alpha value is -1.75. The maximum atomic E-state index is 12.0. The number of hydrogen-bond acceptors (Lipinski definition) is 3. The molecule has 0 fully saturated rings. The van der Waals surface area contributed by atoms with Gasteiger partial charge >= 0.3 is 0 Å². The van der Waals surface area contributed by atoms with E-state index in [1.165, 1.54) is 14.0 Å². The highest BCUT2D eigenvalue weighted by molar-refractivity contribution is 6.32. The van der Waals surface area contributed by atoms with Gasteiger partial charge in [-0.25, -0.2) is 0 Å². The van der Waals surface area contributed by atoms with Crippen molar-refractivity contribution in [3.05, 3.63) is 23.2 Å². The van der Waals surface area contributed by atoms with Crippen molar-refractivity contribution < 1.29 is 14.3 Å². The average molecular weight is 313 g/mol. The largest absolute Gasteiger partial charge is 0.495 e. The van der Waals surface area contributed by atoms with Crippen LogP contribution in [-0.4, -0.2) is 36.4 Å². The van der Waals surface area contributed by atoms with Crippen LogP contribution in [0.15, 0.2) is 18.2 Å². The van der Waals surface area contributed by atoms with E-state index in [0.717, 1.165) is 6.42 Å². The first-order valence-electron chi connectivity index (χ1n) is 6.79. The van der Waals surface area contributed by atoms with Gasteiger partial charge in [0.1, 0.15) is 12.3 Å². The molecule has 116 valence electrons. The Labute approximate surface area is 130 Å². The molecule has 6 heteroatoms.